The number of nitrogens with zero attached hydrogens (tertiary/aromatic N) is 3. The van der Waals surface area contributed by atoms with Gasteiger partial charge in [-0.2, -0.15) is 4.98 Å². The molecule has 9 heteroatoms. The van der Waals surface area contributed by atoms with Crippen molar-refractivity contribution in [3.63, 3.8) is 0 Å². The number of halogens is 2. The van der Waals surface area contributed by atoms with Crippen LogP contribution in [-0.4, -0.2) is 20.4 Å². The number of benzene rings is 1. The molecule has 29 heavy (non-hydrogen) atoms. The topological polar surface area (TPSA) is 88.9 Å². The number of nitrogens with one attached hydrogen (secondary N) is 2. The molecule has 0 saturated carbocycles. The van der Waals surface area contributed by atoms with Crippen molar-refractivity contribution < 1.29 is 9.18 Å². The molecule has 0 fully saturated rings. The monoisotopic (exact) mass is 417 g/mol. The Kier molecular flexibility index (Phi) is 6.12. The van der Waals surface area contributed by atoms with E-state index in [1.165, 1.54) is 25.1 Å². The van der Waals surface area contributed by atoms with Crippen molar-refractivity contribution >= 4 is 45.9 Å². The molecule has 3 rings (SSSR count). The summed E-state index contributed by atoms with van der Waals surface area (Å²) in [5.74, 6) is -0.917. The summed E-state index contributed by atoms with van der Waals surface area (Å²) < 4.78 is 16.0. The molecule has 2 aromatic heterocycles. The van der Waals surface area contributed by atoms with Gasteiger partial charge in [-0.05, 0) is 31.0 Å². The van der Waals surface area contributed by atoms with E-state index in [0.29, 0.717) is 11.3 Å². The summed E-state index contributed by atoms with van der Waals surface area (Å²) in [6.07, 6.45) is 3.17. The number of anilines is 3. The lowest BCUT2D eigenvalue weighted by molar-refractivity contribution is -0.114. The lowest BCUT2D eigenvalue weighted by Gasteiger charge is -2.18. The molecular weight excluding hydrogens is 397 g/mol. The molecule has 1 amide bonds. The number of aromatic nitrogens is 3. The third kappa shape index (κ3) is 4.37. The van der Waals surface area contributed by atoms with Crippen molar-refractivity contribution in [3.05, 3.63) is 51.7 Å². The van der Waals surface area contributed by atoms with Gasteiger partial charge in [-0.15, -0.1) is 0 Å². The van der Waals surface area contributed by atoms with E-state index in [0.717, 1.165) is 18.2 Å². The highest BCUT2D eigenvalue weighted by Gasteiger charge is 2.15. The van der Waals surface area contributed by atoms with Crippen LogP contribution in [-0.2, 0) is 4.79 Å². The van der Waals surface area contributed by atoms with Crippen molar-refractivity contribution in [1.29, 1.82) is 0 Å². The standard InChI is InChI=1S/C20H21ClFN5O2/c1-4-14(5-2)27-17(29)7-6-12-10-23-20(26-19(12)27)25-13-8-15(21)18(16(22)9-13)24-11(3)28/h6-10,14H,4-5H2,1-3H3,(H,24,28)(H,23,25,26). The fourth-order valence-corrected chi connectivity index (χ4v) is 3.43. The lowest BCUT2D eigenvalue weighted by atomic mass is 10.1. The Morgan fingerprint density at radius 1 is 1.28 bits per heavy atom. The normalized spacial score (nSPS) is 11.1. The highest BCUT2D eigenvalue weighted by Crippen LogP contribution is 2.30. The van der Waals surface area contributed by atoms with Crippen LogP contribution in [0.15, 0.2) is 35.3 Å². The van der Waals surface area contributed by atoms with Gasteiger partial charge in [0, 0.05) is 36.3 Å². The highest BCUT2D eigenvalue weighted by molar-refractivity contribution is 6.34. The number of pyridine rings is 1. The van der Waals surface area contributed by atoms with Crippen LogP contribution in [0.2, 0.25) is 5.02 Å². The average Bonchev–Trinajstić information content (AvgIpc) is 2.67. The van der Waals surface area contributed by atoms with Crippen molar-refractivity contribution in [2.75, 3.05) is 10.6 Å². The molecule has 0 aliphatic rings. The minimum absolute atomic E-state index is 0.0118. The van der Waals surface area contributed by atoms with Crippen LogP contribution in [0, 0.1) is 5.82 Å². The Balaban J connectivity index is 2.02. The van der Waals surface area contributed by atoms with Crippen LogP contribution in [0.3, 0.4) is 0 Å². The second-order valence-corrected chi connectivity index (χ2v) is 7.01. The first-order valence-corrected chi connectivity index (χ1v) is 9.63. The zero-order chi connectivity index (χ0) is 21.1. The Bertz CT molecular complexity index is 1100. The number of hydrogen-bond acceptors (Lipinski definition) is 5. The fourth-order valence-electron chi connectivity index (χ4n) is 3.18. The van der Waals surface area contributed by atoms with Crippen LogP contribution >= 0.6 is 11.6 Å². The minimum atomic E-state index is -0.690. The van der Waals surface area contributed by atoms with Crippen LogP contribution < -0.4 is 16.2 Å². The van der Waals surface area contributed by atoms with E-state index in [2.05, 4.69) is 20.6 Å². The molecule has 0 bridgehead atoms. The molecule has 2 N–H and O–H groups in total. The first kappa shape index (κ1) is 20.7. The molecular formula is C20H21ClFN5O2. The fraction of sp³-hybridized carbons (Fsp3) is 0.300. The van der Waals surface area contributed by atoms with Gasteiger partial charge in [-0.3, -0.25) is 14.2 Å². The summed E-state index contributed by atoms with van der Waals surface area (Å²) in [6, 6.07) is 5.84. The zero-order valence-corrected chi connectivity index (χ0v) is 17.0. The van der Waals surface area contributed by atoms with E-state index >= 15 is 0 Å². The number of hydrogen-bond donors (Lipinski definition) is 2. The third-order valence-electron chi connectivity index (χ3n) is 4.57. The Morgan fingerprint density at radius 2 is 2.00 bits per heavy atom. The van der Waals surface area contributed by atoms with Crippen LogP contribution in [0.25, 0.3) is 11.0 Å². The van der Waals surface area contributed by atoms with Crippen molar-refractivity contribution in [2.45, 2.75) is 39.7 Å². The van der Waals surface area contributed by atoms with Gasteiger partial charge in [0.1, 0.15) is 11.5 Å². The summed E-state index contributed by atoms with van der Waals surface area (Å²) in [4.78, 5) is 32.4. The summed E-state index contributed by atoms with van der Waals surface area (Å²) in [6.45, 7) is 5.30. The van der Waals surface area contributed by atoms with Gasteiger partial charge in [0.15, 0.2) is 0 Å². The van der Waals surface area contributed by atoms with Crippen LogP contribution in [0.4, 0.5) is 21.7 Å². The third-order valence-corrected chi connectivity index (χ3v) is 4.87. The molecule has 7 nitrogen and oxygen atoms in total. The van der Waals surface area contributed by atoms with E-state index < -0.39 is 11.7 Å². The van der Waals surface area contributed by atoms with Crippen molar-refractivity contribution in [1.82, 2.24) is 14.5 Å². The summed E-state index contributed by atoms with van der Waals surface area (Å²) in [7, 11) is 0. The van der Waals surface area contributed by atoms with Crippen molar-refractivity contribution in [3.8, 4) is 0 Å². The van der Waals surface area contributed by atoms with Gasteiger partial charge in [0.05, 0.1) is 10.7 Å². The average molecular weight is 418 g/mol. The zero-order valence-electron chi connectivity index (χ0n) is 16.3. The molecule has 0 unspecified atom stereocenters. The maximum atomic E-state index is 14.3. The Hall–Kier alpha value is -3.00. The second-order valence-electron chi connectivity index (χ2n) is 6.61. The molecule has 0 atom stereocenters. The highest BCUT2D eigenvalue weighted by atomic mass is 35.5. The quantitative estimate of drug-likeness (QED) is 0.609. The molecule has 152 valence electrons. The van der Waals surface area contributed by atoms with Gasteiger partial charge in [0.25, 0.3) is 5.56 Å². The smallest absolute Gasteiger partial charge is 0.252 e. The molecule has 0 radical (unpaired) electrons. The predicted octanol–water partition coefficient (Wildman–Crippen LogP) is 4.65. The van der Waals surface area contributed by atoms with E-state index in [1.807, 2.05) is 13.8 Å². The van der Waals surface area contributed by atoms with Gasteiger partial charge >= 0.3 is 0 Å². The van der Waals surface area contributed by atoms with Crippen LogP contribution in [0.1, 0.15) is 39.7 Å². The SMILES string of the molecule is CCC(CC)n1c(=O)ccc2cnc(Nc3cc(F)c(NC(C)=O)c(Cl)c3)nc21. The number of fused-ring (bicyclic) bond motifs is 1. The molecule has 0 aliphatic heterocycles. The number of rotatable bonds is 6. The van der Waals surface area contributed by atoms with E-state index in [4.69, 9.17) is 11.6 Å². The predicted molar refractivity (Wildman–Crippen MR) is 112 cm³/mol. The first-order chi connectivity index (χ1) is 13.8. The van der Waals surface area contributed by atoms with Gasteiger partial charge in [0.2, 0.25) is 11.9 Å². The van der Waals surface area contributed by atoms with Crippen LogP contribution in [0.5, 0.6) is 0 Å². The van der Waals surface area contributed by atoms with Gasteiger partial charge < -0.3 is 10.6 Å². The molecule has 2 heterocycles. The molecule has 0 spiro atoms. The Morgan fingerprint density at radius 3 is 2.62 bits per heavy atom. The first-order valence-electron chi connectivity index (χ1n) is 9.26. The molecule has 3 aromatic rings. The lowest BCUT2D eigenvalue weighted by Crippen LogP contribution is -2.24. The minimum Gasteiger partial charge on any atom is -0.324 e. The van der Waals surface area contributed by atoms with Gasteiger partial charge in [-0.1, -0.05) is 25.4 Å². The molecule has 1 aromatic carbocycles. The number of carbonyl (C=O) groups excluding carboxylic acids is 1. The second kappa shape index (κ2) is 8.57. The molecule has 0 saturated heterocycles. The van der Waals surface area contributed by atoms with E-state index in [1.54, 1.807) is 16.8 Å². The van der Waals surface area contributed by atoms with E-state index in [-0.39, 0.29) is 28.3 Å². The summed E-state index contributed by atoms with van der Waals surface area (Å²) >= 11 is 6.08. The number of amides is 1. The Labute approximate surface area is 171 Å². The van der Waals surface area contributed by atoms with Gasteiger partial charge in [-0.25, -0.2) is 9.37 Å². The summed E-state index contributed by atoms with van der Waals surface area (Å²) in [5, 5.41) is 6.03. The molecule has 0 aliphatic carbocycles. The largest absolute Gasteiger partial charge is 0.324 e. The van der Waals surface area contributed by atoms with Crippen molar-refractivity contribution in [2.24, 2.45) is 0 Å². The maximum Gasteiger partial charge on any atom is 0.252 e. The maximum absolute atomic E-state index is 14.3. The summed E-state index contributed by atoms with van der Waals surface area (Å²) in [5.41, 5.74) is 0.592. The number of carbonyl (C=O) groups is 1. The van der Waals surface area contributed by atoms with E-state index in [9.17, 15) is 14.0 Å².